The summed E-state index contributed by atoms with van der Waals surface area (Å²) in [6.07, 6.45) is 1.82. The van der Waals surface area contributed by atoms with Crippen molar-refractivity contribution >= 4 is 16.9 Å². The second kappa shape index (κ2) is 12.4. The molecule has 1 heterocycles. The van der Waals surface area contributed by atoms with E-state index in [0.29, 0.717) is 29.4 Å². The molecule has 0 saturated carbocycles. The molecule has 1 N–H and O–H groups in total. The van der Waals surface area contributed by atoms with Crippen LogP contribution in [0, 0.1) is 13.8 Å². The van der Waals surface area contributed by atoms with Gasteiger partial charge in [-0.3, -0.25) is 4.79 Å². The van der Waals surface area contributed by atoms with Gasteiger partial charge in [0.05, 0.1) is 45.5 Å². The van der Waals surface area contributed by atoms with Crippen molar-refractivity contribution in [2.45, 2.75) is 39.8 Å². The highest BCUT2D eigenvalue weighted by Gasteiger charge is 2.18. The molecule has 0 unspecified atom stereocenters. The summed E-state index contributed by atoms with van der Waals surface area (Å²) in [4.78, 5) is 17.8. The molecule has 0 spiro atoms. The predicted octanol–water partition coefficient (Wildman–Crippen LogP) is 5.47. The molecule has 8 nitrogen and oxygen atoms in total. The third-order valence-electron chi connectivity index (χ3n) is 6.43. The Morgan fingerprint density at radius 1 is 0.895 bits per heavy atom. The second-order valence-corrected chi connectivity index (χ2v) is 9.09. The van der Waals surface area contributed by atoms with Crippen LogP contribution in [0.2, 0.25) is 0 Å². The van der Waals surface area contributed by atoms with E-state index in [9.17, 15) is 4.79 Å². The minimum absolute atomic E-state index is 0.260. The van der Waals surface area contributed by atoms with E-state index < -0.39 is 0 Å². The van der Waals surface area contributed by atoms with Crippen LogP contribution in [0.3, 0.4) is 0 Å². The molecule has 4 rings (SSSR count). The monoisotopic (exact) mass is 517 g/mol. The first-order chi connectivity index (χ1) is 18.4. The molecule has 0 fully saturated rings. The lowest BCUT2D eigenvalue weighted by Gasteiger charge is -2.14. The van der Waals surface area contributed by atoms with Gasteiger partial charge < -0.3 is 28.8 Å². The SMILES string of the molecule is COc1cc(C(=O)NCc2nc3ccccc3n2CCCCOc2ccc(C)cc2C)cc(OC)c1OC. The minimum atomic E-state index is -0.260. The number of rotatable bonds is 12. The number of ether oxygens (including phenoxy) is 4. The standard InChI is InChI=1S/C30H35N3O5/c1-20-12-13-25(21(2)16-20)38-15-9-8-14-33-24-11-7-6-10-23(24)32-28(33)19-31-30(34)22-17-26(35-3)29(37-5)27(18-22)36-4/h6-7,10-13,16-18H,8-9,14-15,19H2,1-5H3,(H,31,34). The molecular formula is C30H35N3O5. The van der Waals surface area contributed by atoms with Gasteiger partial charge in [-0.05, 0) is 62.6 Å². The first-order valence-corrected chi connectivity index (χ1v) is 12.7. The molecule has 1 aromatic heterocycles. The molecule has 0 radical (unpaired) electrons. The number of para-hydroxylation sites is 2. The van der Waals surface area contributed by atoms with Gasteiger partial charge in [0, 0.05) is 12.1 Å². The number of aromatic nitrogens is 2. The second-order valence-electron chi connectivity index (χ2n) is 9.09. The summed E-state index contributed by atoms with van der Waals surface area (Å²) in [7, 11) is 4.57. The summed E-state index contributed by atoms with van der Waals surface area (Å²) in [5.74, 6) is 2.75. The maximum absolute atomic E-state index is 13.0. The van der Waals surface area contributed by atoms with Crippen molar-refractivity contribution in [2.75, 3.05) is 27.9 Å². The number of methoxy groups -OCH3 is 3. The summed E-state index contributed by atoms with van der Waals surface area (Å²) in [6.45, 7) is 5.84. The fourth-order valence-corrected chi connectivity index (χ4v) is 4.50. The number of nitrogens with zero attached hydrogens (tertiary/aromatic N) is 2. The smallest absolute Gasteiger partial charge is 0.251 e. The van der Waals surface area contributed by atoms with Crippen LogP contribution in [-0.2, 0) is 13.1 Å². The minimum Gasteiger partial charge on any atom is -0.493 e. The quantitative estimate of drug-likeness (QED) is 0.251. The summed E-state index contributed by atoms with van der Waals surface area (Å²) < 4.78 is 24.3. The number of carbonyl (C=O) groups is 1. The van der Waals surface area contributed by atoms with Gasteiger partial charge >= 0.3 is 0 Å². The fourth-order valence-electron chi connectivity index (χ4n) is 4.50. The van der Waals surface area contributed by atoms with Crippen LogP contribution >= 0.6 is 0 Å². The van der Waals surface area contributed by atoms with Crippen LogP contribution < -0.4 is 24.3 Å². The van der Waals surface area contributed by atoms with Crippen molar-refractivity contribution in [1.82, 2.24) is 14.9 Å². The van der Waals surface area contributed by atoms with E-state index in [1.54, 1.807) is 12.1 Å². The molecule has 0 aliphatic rings. The summed E-state index contributed by atoms with van der Waals surface area (Å²) in [5.41, 5.74) is 4.73. The van der Waals surface area contributed by atoms with Crippen LogP contribution in [0.1, 0.15) is 40.2 Å². The number of carbonyl (C=O) groups excluding carboxylic acids is 1. The van der Waals surface area contributed by atoms with Crippen LogP contribution in [0.5, 0.6) is 23.0 Å². The average molecular weight is 518 g/mol. The van der Waals surface area contributed by atoms with Gasteiger partial charge in [-0.25, -0.2) is 4.98 Å². The molecule has 4 aromatic rings. The topological polar surface area (TPSA) is 83.8 Å². The Hall–Kier alpha value is -4.20. The molecular weight excluding hydrogens is 482 g/mol. The number of nitrogens with one attached hydrogen (secondary N) is 1. The molecule has 200 valence electrons. The Bertz CT molecular complexity index is 1390. The Morgan fingerprint density at radius 3 is 2.32 bits per heavy atom. The molecule has 38 heavy (non-hydrogen) atoms. The number of hydrogen-bond acceptors (Lipinski definition) is 6. The molecule has 0 bridgehead atoms. The Labute approximate surface area is 223 Å². The molecule has 1 amide bonds. The molecule has 0 aliphatic carbocycles. The molecule has 0 saturated heterocycles. The van der Waals surface area contributed by atoms with Gasteiger partial charge in [-0.2, -0.15) is 0 Å². The Balaban J connectivity index is 1.42. The zero-order valence-corrected chi connectivity index (χ0v) is 22.7. The number of hydrogen-bond donors (Lipinski definition) is 1. The Morgan fingerprint density at radius 2 is 1.63 bits per heavy atom. The normalized spacial score (nSPS) is 10.9. The highest BCUT2D eigenvalue weighted by atomic mass is 16.5. The third kappa shape index (κ3) is 6.02. The number of imidazole rings is 1. The number of fused-ring (bicyclic) bond motifs is 1. The van der Waals surface area contributed by atoms with E-state index in [1.807, 2.05) is 24.3 Å². The average Bonchev–Trinajstić information content (AvgIpc) is 3.28. The first-order valence-electron chi connectivity index (χ1n) is 12.7. The van der Waals surface area contributed by atoms with Gasteiger partial charge in [0.25, 0.3) is 5.91 Å². The summed E-state index contributed by atoms with van der Waals surface area (Å²) in [5, 5.41) is 2.99. The third-order valence-corrected chi connectivity index (χ3v) is 6.43. The zero-order valence-electron chi connectivity index (χ0n) is 22.7. The fraction of sp³-hybridized carbons (Fsp3) is 0.333. The van der Waals surface area contributed by atoms with Crippen molar-refractivity contribution in [2.24, 2.45) is 0 Å². The van der Waals surface area contributed by atoms with Gasteiger partial charge in [0.1, 0.15) is 11.6 Å². The number of benzene rings is 3. The first kappa shape index (κ1) is 26.9. The van der Waals surface area contributed by atoms with Gasteiger partial charge in [0.15, 0.2) is 11.5 Å². The molecule has 8 heteroatoms. The van der Waals surface area contributed by atoms with Crippen molar-refractivity contribution in [3.63, 3.8) is 0 Å². The van der Waals surface area contributed by atoms with Crippen LogP contribution in [0.4, 0.5) is 0 Å². The number of amides is 1. The lowest BCUT2D eigenvalue weighted by molar-refractivity contribution is 0.0948. The number of aryl methyl sites for hydroxylation is 3. The van der Waals surface area contributed by atoms with E-state index in [0.717, 1.165) is 47.6 Å². The van der Waals surface area contributed by atoms with Crippen LogP contribution in [0.25, 0.3) is 11.0 Å². The largest absolute Gasteiger partial charge is 0.493 e. The van der Waals surface area contributed by atoms with E-state index in [2.05, 4.69) is 41.9 Å². The summed E-state index contributed by atoms with van der Waals surface area (Å²) in [6, 6.07) is 17.5. The molecule has 3 aromatic carbocycles. The van der Waals surface area contributed by atoms with E-state index in [4.69, 9.17) is 23.9 Å². The predicted molar refractivity (Wildman–Crippen MR) is 148 cm³/mol. The van der Waals surface area contributed by atoms with Crippen molar-refractivity contribution in [3.05, 3.63) is 77.1 Å². The highest BCUT2D eigenvalue weighted by Crippen LogP contribution is 2.38. The van der Waals surface area contributed by atoms with E-state index >= 15 is 0 Å². The van der Waals surface area contributed by atoms with E-state index in [-0.39, 0.29) is 12.5 Å². The molecule has 0 aliphatic heterocycles. The lowest BCUT2D eigenvalue weighted by atomic mass is 10.1. The lowest BCUT2D eigenvalue weighted by Crippen LogP contribution is -2.25. The van der Waals surface area contributed by atoms with Gasteiger partial charge in [-0.15, -0.1) is 0 Å². The van der Waals surface area contributed by atoms with Crippen LogP contribution in [0.15, 0.2) is 54.6 Å². The van der Waals surface area contributed by atoms with Crippen molar-refractivity contribution in [1.29, 1.82) is 0 Å². The maximum atomic E-state index is 13.0. The molecule has 0 atom stereocenters. The maximum Gasteiger partial charge on any atom is 0.251 e. The van der Waals surface area contributed by atoms with Crippen molar-refractivity contribution < 1.29 is 23.7 Å². The Kier molecular flexibility index (Phi) is 8.73. The van der Waals surface area contributed by atoms with E-state index in [1.165, 1.54) is 26.9 Å². The van der Waals surface area contributed by atoms with Crippen molar-refractivity contribution in [3.8, 4) is 23.0 Å². The van der Waals surface area contributed by atoms with Gasteiger partial charge in [-0.1, -0.05) is 29.8 Å². The highest BCUT2D eigenvalue weighted by molar-refractivity contribution is 5.95. The summed E-state index contributed by atoms with van der Waals surface area (Å²) >= 11 is 0. The van der Waals surface area contributed by atoms with Crippen LogP contribution in [-0.4, -0.2) is 43.4 Å². The van der Waals surface area contributed by atoms with Gasteiger partial charge in [0.2, 0.25) is 5.75 Å². The number of unbranched alkanes of at least 4 members (excludes halogenated alkanes) is 1. The zero-order chi connectivity index (χ0) is 27.1.